The SMILES string of the molecule is OCCNc1ccc(NCc2cnc(Cl)s2)cc1. The highest BCUT2D eigenvalue weighted by Gasteiger charge is 1.99. The van der Waals surface area contributed by atoms with Crippen molar-refractivity contribution < 1.29 is 5.11 Å². The lowest BCUT2D eigenvalue weighted by molar-refractivity contribution is 0.311. The maximum absolute atomic E-state index is 8.70. The van der Waals surface area contributed by atoms with Gasteiger partial charge in [0.25, 0.3) is 0 Å². The van der Waals surface area contributed by atoms with Crippen molar-refractivity contribution >= 4 is 34.3 Å². The van der Waals surface area contributed by atoms with Crippen LogP contribution in [-0.2, 0) is 6.54 Å². The van der Waals surface area contributed by atoms with Gasteiger partial charge in [0.05, 0.1) is 13.2 Å². The third kappa shape index (κ3) is 3.87. The molecule has 0 aliphatic rings. The van der Waals surface area contributed by atoms with Gasteiger partial charge in [-0.2, -0.15) is 0 Å². The smallest absolute Gasteiger partial charge is 0.183 e. The fourth-order valence-corrected chi connectivity index (χ4v) is 2.38. The minimum Gasteiger partial charge on any atom is -0.395 e. The summed E-state index contributed by atoms with van der Waals surface area (Å²) in [6, 6.07) is 7.92. The van der Waals surface area contributed by atoms with Crippen molar-refractivity contribution in [3.63, 3.8) is 0 Å². The first-order chi connectivity index (χ1) is 8.78. The van der Waals surface area contributed by atoms with Crippen LogP contribution in [-0.4, -0.2) is 23.2 Å². The van der Waals surface area contributed by atoms with E-state index in [9.17, 15) is 0 Å². The Kier molecular flexibility index (Phi) is 4.81. The highest BCUT2D eigenvalue weighted by Crippen LogP contribution is 2.19. The molecule has 0 spiro atoms. The van der Waals surface area contributed by atoms with E-state index in [0.717, 1.165) is 16.3 Å². The van der Waals surface area contributed by atoms with Crippen molar-refractivity contribution in [1.82, 2.24) is 4.98 Å². The molecule has 0 aliphatic heterocycles. The first-order valence-corrected chi connectivity index (χ1v) is 6.76. The van der Waals surface area contributed by atoms with Gasteiger partial charge in [-0.15, -0.1) is 11.3 Å². The monoisotopic (exact) mass is 283 g/mol. The summed E-state index contributed by atoms with van der Waals surface area (Å²) in [5.74, 6) is 0. The van der Waals surface area contributed by atoms with Crippen LogP contribution >= 0.6 is 22.9 Å². The second kappa shape index (κ2) is 6.58. The number of aliphatic hydroxyl groups excluding tert-OH is 1. The number of thiazole rings is 1. The van der Waals surface area contributed by atoms with E-state index in [0.29, 0.717) is 17.6 Å². The van der Waals surface area contributed by atoms with Crippen LogP contribution in [0.4, 0.5) is 11.4 Å². The molecule has 1 aromatic heterocycles. The van der Waals surface area contributed by atoms with Gasteiger partial charge < -0.3 is 15.7 Å². The van der Waals surface area contributed by atoms with E-state index in [1.54, 1.807) is 6.20 Å². The summed E-state index contributed by atoms with van der Waals surface area (Å²) in [6.45, 7) is 1.41. The van der Waals surface area contributed by atoms with Gasteiger partial charge in [-0.25, -0.2) is 4.98 Å². The Balaban J connectivity index is 1.86. The minimum absolute atomic E-state index is 0.131. The second-order valence-electron chi connectivity index (χ2n) is 3.66. The molecule has 6 heteroatoms. The Bertz CT molecular complexity index is 486. The molecule has 0 fully saturated rings. The highest BCUT2D eigenvalue weighted by molar-refractivity contribution is 7.15. The van der Waals surface area contributed by atoms with E-state index < -0.39 is 0 Å². The molecule has 2 aromatic rings. The van der Waals surface area contributed by atoms with Crippen LogP contribution in [0.25, 0.3) is 0 Å². The number of aliphatic hydroxyl groups is 1. The standard InChI is InChI=1S/C12H14ClN3OS/c13-12-16-8-11(18-12)7-15-10-3-1-9(2-4-10)14-5-6-17/h1-4,8,14-15,17H,5-7H2. The van der Waals surface area contributed by atoms with Gasteiger partial charge in [0.2, 0.25) is 0 Å². The third-order valence-corrected chi connectivity index (χ3v) is 3.43. The fraction of sp³-hybridized carbons (Fsp3) is 0.250. The molecule has 0 saturated heterocycles. The zero-order valence-corrected chi connectivity index (χ0v) is 11.3. The van der Waals surface area contributed by atoms with Crippen LogP contribution in [0.1, 0.15) is 4.88 Å². The van der Waals surface area contributed by atoms with Gasteiger partial charge in [-0.3, -0.25) is 0 Å². The number of hydrogen-bond acceptors (Lipinski definition) is 5. The molecule has 0 aliphatic carbocycles. The predicted molar refractivity (Wildman–Crippen MR) is 76.5 cm³/mol. The quantitative estimate of drug-likeness (QED) is 0.763. The molecule has 96 valence electrons. The molecule has 0 atom stereocenters. The van der Waals surface area contributed by atoms with Crippen LogP contribution in [0.5, 0.6) is 0 Å². The number of nitrogens with one attached hydrogen (secondary N) is 2. The maximum atomic E-state index is 8.70. The number of anilines is 2. The molecule has 2 rings (SSSR count). The zero-order chi connectivity index (χ0) is 12.8. The maximum Gasteiger partial charge on any atom is 0.183 e. The largest absolute Gasteiger partial charge is 0.395 e. The van der Waals surface area contributed by atoms with Gasteiger partial charge in [0, 0.05) is 29.0 Å². The summed E-state index contributed by atoms with van der Waals surface area (Å²) in [7, 11) is 0. The summed E-state index contributed by atoms with van der Waals surface area (Å²) >= 11 is 7.24. The Morgan fingerprint density at radius 2 is 1.83 bits per heavy atom. The van der Waals surface area contributed by atoms with Crippen molar-refractivity contribution in [2.45, 2.75) is 6.54 Å². The number of aromatic nitrogens is 1. The van der Waals surface area contributed by atoms with E-state index in [1.807, 2.05) is 24.3 Å². The van der Waals surface area contributed by atoms with Gasteiger partial charge in [0.15, 0.2) is 4.47 Å². The number of hydrogen-bond donors (Lipinski definition) is 3. The van der Waals surface area contributed by atoms with Crippen molar-refractivity contribution in [1.29, 1.82) is 0 Å². The number of benzene rings is 1. The lowest BCUT2D eigenvalue weighted by atomic mass is 10.2. The summed E-state index contributed by atoms with van der Waals surface area (Å²) in [5, 5.41) is 15.1. The highest BCUT2D eigenvalue weighted by atomic mass is 35.5. The van der Waals surface area contributed by atoms with Crippen molar-refractivity contribution in [2.75, 3.05) is 23.8 Å². The third-order valence-electron chi connectivity index (χ3n) is 2.32. The molecule has 1 heterocycles. The lowest BCUT2D eigenvalue weighted by Gasteiger charge is -2.07. The summed E-state index contributed by atoms with van der Waals surface area (Å²) in [5.41, 5.74) is 2.03. The molecule has 1 aromatic carbocycles. The average Bonchev–Trinajstić information content (AvgIpc) is 2.81. The van der Waals surface area contributed by atoms with Gasteiger partial charge >= 0.3 is 0 Å². The van der Waals surface area contributed by atoms with Crippen molar-refractivity contribution in [3.8, 4) is 0 Å². The van der Waals surface area contributed by atoms with Crippen LogP contribution in [0.15, 0.2) is 30.5 Å². The molecule has 0 bridgehead atoms. The summed E-state index contributed by atoms with van der Waals surface area (Å²) in [4.78, 5) is 5.09. The van der Waals surface area contributed by atoms with E-state index in [-0.39, 0.29) is 6.61 Å². The normalized spacial score (nSPS) is 10.3. The van der Waals surface area contributed by atoms with Gasteiger partial charge in [0.1, 0.15) is 0 Å². The van der Waals surface area contributed by atoms with Crippen LogP contribution in [0.2, 0.25) is 4.47 Å². The Morgan fingerprint density at radius 3 is 2.39 bits per heavy atom. The Morgan fingerprint density at radius 1 is 1.17 bits per heavy atom. The summed E-state index contributed by atoms with van der Waals surface area (Å²) in [6.07, 6.45) is 1.77. The molecule has 3 N–H and O–H groups in total. The Hall–Kier alpha value is -1.30. The van der Waals surface area contributed by atoms with E-state index in [1.165, 1.54) is 11.3 Å². The van der Waals surface area contributed by atoms with Crippen LogP contribution in [0, 0.1) is 0 Å². The fourth-order valence-electron chi connectivity index (χ4n) is 1.46. The summed E-state index contributed by atoms with van der Waals surface area (Å²) < 4.78 is 0.565. The van der Waals surface area contributed by atoms with Gasteiger partial charge in [-0.05, 0) is 24.3 Å². The number of nitrogens with zero attached hydrogens (tertiary/aromatic N) is 1. The van der Waals surface area contributed by atoms with Crippen molar-refractivity contribution in [3.05, 3.63) is 39.8 Å². The lowest BCUT2D eigenvalue weighted by Crippen LogP contribution is -2.05. The first-order valence-electron chi connectivity index (χ1n) is 5.57. The zero-order valence-electron chi connectivity index (χ0n) is 9.69. The minimum atomic E-state index is 0.131. The molecular formula is C12H14ClN3OS. The first kappa shape index (κ1) is 13.1. The number of halogens is 1. The van der Waals surface area contributed by atoms with Crippen molar-refractivity contribution in [2.24, 2.45) is 0 Å². The molecular weight excluding hydrogens is 270 g/mol. The average molecular weight is 284 g/mol. The molecule has 0 amide bonds. The molecule has 0 unspecified atom stereocenters. The van der Waals surface area contributed by atoms with Crippen LogP contribution < -0.4 is 10.6 Å². The van der Waals surface area contributed by atoms with E-state index in [4.69, 9.17) is 16.7 Å². The Labute approximate surface area is 115 Å². The topological polar surface area (TPSA) is 57.2 Å². The second-order valence-corrected chi connectivity index (χ2v) is 5.36. The van der Waals surface area contributed by atoms with E-state index in [2.05, 4.69) is 15.6 Å². The van der Waals surface area contributed by atoms with Crippen LogP contribution in [0.3, 0.4) is 0 Å². The predicted octanol–water partition coefficient (Wildman–Crippen LogP) is 2.81. The molecule has 18 heavy (non-hydrogen) atoms. The van der Waals surface area contributed by atoms with E-state index >= 15 is 0 Å². The molecule has 0 radical (unpaired) electrons. The van der Waals surface area contributed by atoms with Gasteiger partial charge in [-0.1, -0.05) is 11.6 Å². The molecule has 0 saturated carbocycles. The number of rotatable bonds is 6. The molecule has 4 nitrogen and oxygen atoms in total.